The Morgan fingerprint density at radius 2 is 0.941 bits per heavy atom. The van der Waals surface area contributed by atoms with Gasteiger partial charge >= 0.3 is 27.6 Å². The minimum atomic E-state index is -4.89. The molecular weight excluding hydrogens is 911 g/mol. The first-order valence-electron chi connectivity index (χ1n) is 25.6. The van der Waals surface area contributed by atoms with Crippen LogP contribution in [0.25, 0.3) is 0 Å². The number of phosphoric acid groups is 2. The summed E-state index contributed by atoms with van der Waals surface area (Å²) in [6, 6.07) is 0. The third-order valence-electron chi connectivity index (χ3n) is 10.6. The Hall–Kier alpha value is -2.48. The molecule has 394 valence electrons. The second-order valence-electron chi connectivity index (χ2n) is 17.7. The fourth-order valence-corrected chi connectivity index (χ4v) is 7.92. The first kappa shape index (κ1) is 65.5. The number of carbonyl (C=O) groups is 2. The molecule has 0 saturated carbocycles. The van der Waals surface area contributed by atoms with Crippen LogP contribution in [0.2, 0.25) is 0 Å². The number of esters is 2. The summed E-state index contributed by atoms with van der Waals surface area (Å²) in [5, 5.41) is 20.1. The van der Waals surface area contributed by atoms with Crippen LogP contribution < -0.4 is 0 Å². The van der Waals surface area contributed by atoms with Gasteiger partial charge in [0, 0.05) is 12.8 Å². The summed E-state index contributed by atoms with van der Waals surface area (Å²) in [5.74, 6) is -0.487. The highest BCUT2D eigenvalue weighted by Crippen LogP contribution is 2.44. The van der Waals surface area contributed by atoms with Crippen LogP contribution in [0, 0.1) is 5.92 Å². The summed E-state index contributed by atoms with van der Waals surface area (Å²) in [6.45, 7) is 3.75. The monoisotopic (exact) mass is 1000 g/mol. The highest BCUT2D eigenvalue weighted by Gasteiger charge is 2.28. The Morgan fingerprint density at radius 1 is 0.500 bits per heavy atom. The predicted octanol–water partition coefficient (Wildman–Crippen LogP) is 13.0. The molecule has 0 amide bonds. The van der Waals surface area contributed by atoms with E-state index in [1.807, 2.05) is 6.08 Å². The Kier molecular flexibility index (Phi) is 44.0. The standard InChI is InChI=1S/C52H92O14P2/c1-4-5-6-7-8-9-10-11-12-18-21-24-27-30-33-36-39-48(53)41-42-51(55)62-45-50(46-65-68(60,61)64-44-49(54)43-63-67(57,58)59)66-52(56)40-37-34-31-28-25-22-19-16-14-13-15-17-20-23-26-29-32-35-38-47(2)3/h5-6,8-9,11-12,21,24,30,33,36,39,47-50,53-54H,4,7,10,13-20,22-23,25-29,31-32,34-35,37-38,40-46H2,1-3H3,(H,60,61)(H2,57,58,59)/b6-5-,9-8-,12-11-,24-21-,33-30-,39-36-/t48?,49-,50+/m0/s1. The Labute approximate surface area is 410 Å². The fourth-order valence-electron chi connectivity index (χ4n) is 6.76. The molecule has 0 radical (unpaired) electrons. The first-order chi connectivity index (χ1) is 32.6. The zero-order chi connectivity index (χ0) is 50.4. The quantitative estimate of drug-likeness (QED) is 0.0126. The van der Waals surface area contributed by atoms with Crippen molar-refractivity contribution < 1.29 is 66.7 Å². The summed E-state index contributed by atoms with van der Waals surface area (Å²) in [5.41, 5.74) is 0. The number of rotatable bonds is 47. The van der Waals surface area contributed by atoms with E-state index in [-0.39, 0.29) is 19.3 Å². The van der Waals surface area contributed by atoms with E-state index in [1.54, 1.807) is 18.2 Å². The van der Waals surface area contributed by atoms with Crippen LogP contribution in [0.4, 0.5) is 0 Å². The summed E-state index contributed by atoms with van der Waals surface area (Å²) >= 11 is 0. The molecule has 0 spiro atoms. The molecule has 0 aliphatic heterocycles. The minimum Gasteiger partial charge on any atom is -0.462 e. The molecule has 0 aliphatic carbocycles. The van der Waals surface area contributed by atoms with Crippen LogP contribution in [0.3, 0.4) is 0 Å². The van der Waals surface area contributed by atoms with E-state index in [9.17, 15) is 33.8 Å². The zero-order valence-corrected chi connectivity index (χ0v) is 43.8. The lowest BCUT2D eigenvalue weighted by atomic mass is 10.0. The largest absolute Gasteiger partial charge is 0.472 e. The van der Waals surface area contributed by atoms with E-state index in [0.717, 1.165) is 63.7 Å². The van der Waals surface area contributed by atoms with Gasteiger partial charge in [-0.2, -0.15) is 0 Å². The van der Waals surface area contributed by atoms with Gasteiger partial charge in [0.1, 0.15) is 12.7 Å². The van der Waals surface area contributed by atoms with Gasteiger partial charge in [0.2, 0.25) is 0 Å². The lowest BCUT2D eigenvalue weighted by molar-refractivity contribution is -0.161. The summed E-state index contributed by atoms with van der Waals surface area (Å²) in [4.78, 5) is 53.0. The molecule has 0 aromatic carbocycles. The zero-order valence-electron chi connectivity index (χ0n) is 42.0. The number of hydrogen-bond acceptors (Lipinski definition) is 11. The SMILES string of the molecule is CC/C=C\C/C=C\C/C=C\C/C=C\C/C=C\C=C/C(O)CCC(=O)OC[C@H](COP(=O)(O)OC[C@@H](O)COP(=O)(O)O)OC(=O)CCCCCCCCCCCCCCCCCCCCC(C)C. The minimum absolute atomic E-state index is 0.0633. The van der Waals surface area contributed by atoms with Gasteiger partial charge in [0.15, 0.2) is 6.10 Å². The van der Waals surface area contributed by atoms with Gasteiger partial charge in [-0.3, -0.25) is 23.2 Å². The van der Waals surface area contributed by atoms with E-state index in [4.69, 9.17) is 23.8 Å². The van der Waals surface area contributed by atoms with E-state index in [0.29, 0.717) is 6.42 Å². The number of hydrogen-bond donors (Lipinski definition) is 5. The summed E-state index contributed by atoms with van der Waals surface area (Å²) < 4.78 is 47.8. The van der Waals surface area contributed by atoms with Crippen LogP contribution in [-0.2, 0) is 41.8 Å². The molecule has 0 heterocycles. The van der Waals surface area contributed by atoms with Crippen LogP contribution >= 0.6 is 15.6 Å². The van der Waals surface area contributed by atoms with E-state index < -0.39 is 72.3 Å². The molecule has 0 bridgehead atoms. The van der Waals surface area contributed by atoms with Crippen molar-refractivity contribution in [1.29, 1.82) is 0 Å². The van der Waals surface area contributed by atoms with Gasteiger partial charge in [0.05, 0.1) is 25.9 Å². The van der Waals surface area contributed by atoms with Crippen LogP contribution in [0.5, 0.6) is 0 Å². The molecule has 0 aromatic rings. The molecule has 0 saturated heterocycles. The number of ether oxygens (including phenoxy) is 2. The van der Waals surface area contributed by atoms with E-state index in [1.165, 1.54) is 89.9 Å². The average molecular weight is 1000 g/mol. The first-order valence-corrected chi connectivity index (χ1v) is 28.6. The fraction of sp³-hybridized carbons (Fsp3) is 0.731. The second kappa shape index (κ2) is 45.6. The number of phosphoric ester groups is 2. The summed E-state index contributed by atoms with van der Waals surface area (Å²) in [7, 11) is -9.76. The third kappa shape index (κ3) is 49.9. The molecule has 14 nitrogen and oxygen atoms in total. The molecule has 0 rings (SSSR count). The van der Waals surface area contributed by atoms with Crippen LogP contribution in [0.1, 0.15) is 194 Å². The number of aliphatic hydroxyl groups excluding tert-OH is 2. The van der Waals surface area contributed by atoms with Crippen molar-refractivity contribution in [3.8, 4) is 0 Å². The van der Waals surface area contributed by atoms with Crippen molar-refractivity contribution in [3.63, 3.8) is 0 Å². The maximum Gasteiger partial charge on any atom is 0.472 e. The number of carbonyl (C=O) groups excluding carboxylic acids is 2. The molecule has 68 heavy (non-hydrogen) atoms. The maximum atomic E-state index is 12.7. The average Bonchev–Trinajstić information content (AvgIpc) is 3.29. The van der Waals surface area contributed by atoms with Crippen molar-refractivity contribution in [3.05, 3.63) is 72.9 Å². The van der Waals surface area contributed by atoms with Crippen LogP contribution in [0.15, 0.2) is 72.9 Å². The molecule has 16 heteroatoms. The van der Waals surface area contributed by atoms with E-state index in [2.05, 4.69) is 78.4 Å². The predicted molar refractivity (Wildman–Crippen MR) is 273 cm³/mol. The molecular formula is C52H92O14P2. The van der Waals surface area contributed by atoms with Gasteiger partial charge in [-0.15, -0.1) is 0 Å². The highest BCUT2D eigenvalue weighted by molar-refractivity contribution is 7.47. The molecule has 0 aromatic heterocycles. The number of unbranched alkanes of at least 4 members (excludes halogenated alkanes) is 17. The third-order valence-corrected chi connectivity index (χ3v) is 12.1. The lowest BCUT2D eigenvalue weighted by Gasteiger charge is -2.20. The van der Waals surface area contributed by atoms with Gasteiger partial charge in [-0.25, -0.2) is 9.13 Å². The summed E-state index contributed by atoms with van der Waals surface area (Å²) in [6.07, 6.45) is 47.9. The number of aliphatic hydroxyl groups is 2. The topological polar surface area (TPSA) is 216 Å². The molecule has 2 unspecified atom stereocenters. The smallest absolute Gasteiger partial charge is 0.462 e. The van der Waals surface area contributed by atoms with Gasteiger partial charge in [-0.05, 0) is 50.9 Å². The van der Waals surface area contributed by atoms with Gasteiger partial charge in [0.25, 0.3) is 0 Å². The maximum absolute atomic E-state index is 12.7. The highest BCUT2D eigenvalue weighted by atomic mass is 31.2. The molecule has 4 atom stereocenters. The normalized spacial score (nSPS) is 15.0. The molecule has 0 fully saturated rings. The lowest BCUT2D eigenvalue weighted by Crippen LogP contribution is -2.30. The Balaban J connectivity index is 4.59. The van der Waals surface area contributed by atoms with Crippen molar-refractivity contribution >= 4 is 27.6 Å². The van der Waals surface area contributed by atoms with Crippen LogP contribution in [-0.4, -0.2) is 81.6 Å². The van der Waals surface area contributed by atoms with Gasteiger partial charge < -0.3 is 34.4 Å². The molecule has 0 aliphatic rings. The Morgan fingerprint density at radius 3 is 1.43 bits per heavy atom. The van der Waals surface area contributed by atoms with Crippen molar-refractivity contribution in [2.75, 3.05) is 26.4 Å². The number of allylic oxidation sites excluding steroid dienone is 11. The molecule has 5 N–H and O–H groups in total. The Bertz CT molecular complexity index is 1500. The van der Waals surface area contributed by atoms with Gasteiger partial charge in [-0.1, -0.05) is 209 Å². The van der Waals surface area contributed by atoms with E-state index >= 15 is 0 Å². The van der Waals surface area contributed by atoms with Crippen molar-refractivity contribution in [2.24, 2.45) is 5.92 Å². The van der Waals surface area contributed by atoms with Crippen molar-refractivity contribution in [2.45, 2.75) is 212 Å². The second-order valence-corrected chi connectivity index (χ2v) is 20.4. The van der Waals surface area contributed by atoms with Crippen molar-refractivity contribution in [1.82, 2.24) is 0 Å².